The number of hydrogen-bond acceptors (Lipinski definition) is 7. The largest absolute Gasteiger partial charge is 0.392 e. The van der Waals surface area contributed by atoms with Crippen molar-refractivity contribution in [2.45, 2.75) is 32.9 Å². The number of likely N-dealkylation sites (tertiary alicyclic amines) is 1. The predicted molar refractivity (Wildman–Crippen MR) is 125 cm³/mol. The smallest absolute Gasteiger partial charge is 0.228 e. The molecule has 2 fully saturated rings. The van der Waals surface area contributed by atoms with Crippen molar-refractivity contribution in [1.82, 2.24) is 24.6 Å². The van der Waals surface area contributed by atoms with Crippen molar-refractivity contribution in [3.05, 3.63) is 36.0 Å². The Morgan fingerprint density at radius 2 is 1.94 bits per heavy atom. The Hall–Kier alpha value is -3.04. The maximum Gasteiger partial charge on any atom is 0.228 e. The first-order valence-electron chi connectivity index (χ1n) is 11.6. The van der Waals surface area contributed by atoms with Crippen molar-refractivity contribution in [3.63, 3.8) is 0 Å². The number of amides is 1. The summed E-state index contributed by atoms with van der Waals surface area (Å²) in [5.41, 5.74) is 3.44. The van der Waals surface area contributed by atoms with Crippen LogP contribution < -0.4 is 4.90 Å². The number of anilines is 1. The van der Waals surface area contributed by atoms with E-state index < -0.39 is 0 Å². The zero-order valence-electron chi connectivity index (χ0n) is 19.0. The van der Waals surface area contributed by atoms with Crippen LogP contribution in [-0.2, 0) is 22.7 Å². The first-order valence-corrected chi connectivity index (χ1v) is 11.6. The van der Waals surface area contributed by atoms with E-state index in [0.717, 1.165) is 73.4 Å². The topological polar surface area (TPSA) is 96.6 Å². The molecule has 9 heteroatoms. The molecule has 2 aromatic heterocycles. The van der Waals surface area contributed by atoms with Gasteiger partial charge in [0.2, 0.25) is 11.9 Å². The van der Waals surface area contributed by atoms with Crippen molar-refractivity contribution in [2.24, 2.45) is 5.92 Å². The minimum atomic E-state index is -0.0173. The molecule has 1 aromatic carbocycles. The molecule has 4 heterocycles. The summed E-state index contributed by atoms with van der Waals surface area (Å²) in [5.74, 6) is 1.28. The van der Waals surface area contributed by atoms with E-state index in [1.165, 1.54) is 0 Å². The van der Waals surface area contributed by atoms with Gasteiger partial charge in [-0.25, -0.2) is 9.67 Å². The van der Waals surface area contributed by atoms with E-state index in [2.05, 4.69) is 4.90 Å². The summed E-state index contributed by atoms with van der Waals surface area (Å²) in [6, 6.07) is 7.83. The average molecular weight is 451 g/mol. The number of nitrogens with zero attached hydrogens (tertiary/aromatic N) is 6. The van der Waals surface area contributed by atoms with Gasteiger partial charge in [-0.2, -0.15) is 10.1 Å². The van der Waals surface area contributed by atoms with Crippen LogP contribution in [0, 0.1) is 5.92 Å². The van der Waals surface area contributed by atoms with Crippen LogP contribution in [0.25, 0.3) is 22.3 Å². The van der Waals surface area contributed by atoms with Gasteiger partial charge >= 0.3 is 0 Å². The number of aromatic nitrogens is 4. The van der Waals surface area contributed by atoms with E-state index in [4.69, 9.17) is 19.8 Å². The minimum Gasteiger partial charge on any atom is -0.392 e. The van der Waals surface area contributed by atoms with Crippen LogP contribution >= 0.6 is 0 Å². The minimum absolute atomic E-state index is 0.0173. The number of piperidine rings is 1. The fraction of sp³-hybridized carbons (Fsp3) is 0.500. The number of carbonyl (C=O) groups excluding carboxylic acids is 1. The van der Waals surface area contributed by atoms with Crippen molar-refractivity contribution in [2.75, 3.05) is 44.3 Å². The highest BCUT2D eigenvalue weighted by Gasteiger charge is 2.24. The number of aliphatic hydroxyl groups is 1. The van der Waals surface area contributed by atoms with E-state index in [1.54, 1.807) is 6.92 Å². The third-order valence-corrected chi connectivity index (χ3v) is 6.65. The van der Waals surface area contributed by atoms with Gasteiger partial charge in [0.15, 0.2) is 5.65 Å². The van der Waals surface area contributed by atoms with Gasteiger partial charge in [0.25, 0.3) is 0 Å². The summed E-state index contributed by atoms with van der Waals surface area (Å²) in [4.78, 5) is 25.6. The Morgan fingerprint density at radius 1 is 1.15 bits per heavy atom. The summed E-state index contributed by atoms with van der Waals surface area (Å²) in [7, 11) is 0. The molecule has 33 heavy (non-hydrogen) atoms. The van der Waals surface area contributed by atoms with Gasteiger partial charge in [-0.15, -0.1) is 0 Å². The highest BCUT2D eigenvalue weighted by atomic mass is 16.5. The predicted octanol–water partition coefficient (Wildman–Crippen LogP) is 2.08. The lowest BCUT2D eigenvalue weighted by atomic mass is 9.97. The van der Waals surface area contributed by atoms with Gasteiger partial charge in [-0.3, -0.25) is 4.79 Å². The second-order valence-electron chi connectivity index (χ2n) is 8.84. The Kier molecular flexibility index (Phi) is 6.24. The van der Waals surface area contributed by atoms with Crippen molar-refractivity contribution in [1.29, 1.82) is 0 Å². The zero-order valence-corrected chi connectivity index (χ0v) is 19.0. The number of rotatable bonds is 5. The molecule has 0 saturated carbocycles. The van der Waals surface area contributed by atoms with Gasteiger partial charge in [-0.05, 0) is 30.4 Å². The molecule has 1 amide bonds. The third-order valence-electron chi connectivity index (χ3n) is 6.65. The number of fused-ring (bicyclic) bond motifs is 1. The number of ether oxygens (including phenoxy) is 1. The Balaban J connectivity index is 1.51. The molecule has 0 bridgehead atoms. The molecule has 9 nitrogen and oxygen atoms in total. The first-order chi connectivity index (χ1) is 16.1. The molecule has 0 unspecified atom stereocenters. The average Bonchev–Trinajstić information content (AvgIpc) is 3.27. The Bertz CT molecular complexity index is 1130. The lowest BCUT2D eigenvalue weighted by molar-refractivity contribution is -0.130. The van der Waals surface area contributed by atoms with Crippen LogP contribution in [0.1, 0.15) is 25.3 Å². The lowest BCUT2D eigenvalue weighted by Crippen LogP contribution is -2.38. The molecule has 2 aliphatic rings. The van der Waals surface area contributed by atoms with Crippen LogP contribution in [0.15, 0.2) is 30.5 Å². The summed E-state index contributed by atoms with van der Waals surface area (Å²) in [6.07, 6.45) is 3.78. The van der Waals surface area contributed by atoms with Crippen molar-refractivity contribution in [3.8, 4) is 11.3 Å². The van der Waals surface area contributed by atoms with Gasteiger partial charge in [0.1, 0.15) is 0 Å². The number of aliphatic hydroxyl groups excluding tert-OH is 1. The second kappa shape index (κ2) is 9.44. The molecule has 5 rings (SSSR count). The summed E-state index contributed by atoms with van der Waals surface area (Å²) >= 11 is 0. The van der Waals surface area contributed by atoms with Crippen LogP contribution in [0.3, 0.4) is 0 Å². The van der Waals surface area contributed by atoms with Crippen molar-refractivity contribution < 1.29 is 14.6 Å². The lowest BCUT2D eigenvalue weighted by Gasteiger charge is -2.31. The van der Waals surface area contributed by atoms with Crippen molar-refractivity contribution >= 4 is 22.9 Å². The fourth-order valence-electron chi connectivity index (χ4n) is 4.69. The van der Waals surface area contributed by atoms with E-state index in [-0.39, 0.29) is 12.5 Å². The molecule has 0 spiro atoms. The Morgan fingerprint density at radius 3 is 2.67 bits per heavy atom. The third kappa shape index (κ3) is 4.56. The molecule has 2 saturated heterocycles. The molecular weight excluding hydrogens is 420 g/mol. The second-order valence-corrected chi connectivity index (χ2v) is 8.84. The maximum absolute atomic E-state index is 11.7. The van der Waals surface area contributed by atoms with E-state index in [0.29, 0.717) is 25.1 Å². The summed E-state index contributed by atoms with van der Waals surface area (Å²) < 4.78 is 7.51. The normalized spacial score (nSPS) is 17.6. The summed E-state index contributed by atoms with van der Waals surface area (Å²) in [6.45, 7) is 6.80. The molecule has 1 N–H and O–H groups in total. The maximum atomic E-state index is 11.7. The summed E-state index contributed by atoms with van der Waals surface area (Å²) in [5, 5.41) is 15.2. The molecule has 3 aromatic rings. The van der Waals surface area contributed by atoms with E-state index >= 15 is 0 Å². The van der Waals surface area contributed by atoms with Crippen LogP contribution in [0.5, 0.6) is 0 Å². The molecule has 2 aliphatic heterocycles. The van der Waals surface area contributed by atoms with Crippen LogP contribution in [0.4, 0.5) is 5.95 Å². The Labute approximate surface area is 193 Å². The molecule has 174 valence electrons. The fourth-order valence-corrected chi connectivity index (χ4v) is 4.69. The highest BCUT2D eigenvalue weighted by molar-refractivity contribution is 5.91. The zero-order chi connectivity index (χ0) is 22.8. The van der Waals surface area contributed by atoms with Gasteiger partial charge in [-0.1, -0.05) is 18.2 Å². The molecule has 0 atom stereocenters. The molecular formula is C24H30N6O3. The van der Waals surface area contributed by atoms with Gasteiger partial charge < -0.3 is 19.6 Å². The van der Waals surface area contributed by atoms with E-state index in [9.17, 15) is 9.90 Å². The molecule has 0 radical (unpaired) electrons. The monoisotopic (exact) mass is 450 g/mol. The van der Waals surface area contributed by atoms with Crippen LogP contribution in [0.2, 0.25) is 0 Å². The number of morpholine rings is 1. The van der Waals surface area contributed by atoms with Gasteiger partial charge in [0, 0.05) is 45.2 Å². The highest BCUT2D eigenvalue weighted by Crippen LogP contribution is 2.30. The SMILES string of the molecule is CC(=O)N1CCC(Cn2ncc3c(-c4cccc(CO)c4)nc(N4CCOCC4)nc32)CC1. The quantitative estimate of drug-likeness (QED) is 0.636. The van der Waals surface area contributed by atoms with E-state index in [1.807, 2.05) is 40.0 Å². The molecule has 0 aliphatic carbocycles. The van der Waals surface area contributed by atoms with Gasteiger partial charge in [0.05, 0.1) is 37.1 Å². The standard InChI is InChI=1S/C24H30N6O3/c1-17(32)28-7-5-18(6-8-28)15-30-23-21(14-25-30)22(20-4-2-3-19(13-20)16-31)26-24(27-23)29-9-11-33-12-10-29/h2-4,13-14,18,31H,5-12,15-16H2,1H3. The number of hydrogen-bond donors (Lipinski definition) is 1. The van der Waals surface area contributed by atoms with Crippen LogP contribution in [-0.4, -0.2) is 75.1 Å². The first kappa shape index (κ1) is 21.8. The number of carbonyl (C=O) groups is 1. The number of benzene rings is 1.